The van der Waals surface area contributed by atoms with Crippen LogP contribution >= 0.6 is 15.8 Å². The average Bonchev–Trinajstić information content (AvgIpc) is 2.54. The zero-order chi connectivity index (χ0) is 17.1. The standard InChI is InChI=1S/2C6H15P.C6H15Si.Pt/c3*1-4-7(5-2)6-3;/h3*4-6H2,1-3H3;. The average molecular weight is 547 g/mol. The van der Waals surface area contributed by atoms with Gasteiger partial charge in [-0.3, -0.25) is 0 Å². The van der Waals surface area contributed by atoms with Crippen LogP contribution in [-0.2, 0) is 21.1 Å². The molecule has 0 nitrogen and oxygen atoms in total. The fourth-order valence-electron chi connectivity index (χ4n) is 2.09. The fourth-order valence-corrected chi connectivity index (χ4v) is 6.27. The van der Waals surface area contributed by atoms with Crippen LogP contribution in [0.3, 0.4) is 0 Å². The van der Waals surface area contributed by atoms with Gasteiger partial charge in [-0.2, -0.15) is 0 Å². The molecule has 141 valence electrons. The first-order valence-electron chi connectivity index (χ1n) is 9.32. The van der Waals surface area contributed by atoms with Crippen molar-refractivity contribution in [3.05, 3.63) is 0 Å². The van der Waals surface area contributed by atoms with Crippen LogP contribution in [0.1, 0.15) is 62.3 Å². The SMILES string of the molecule is CCP(CC)CC.CCP(CC)CC.CC[Si](CC)CC.[Pt]. The summed E-state index contributed by atoms with van der Waals surface area (Å²) < 4.78 is 0. The monoisotopic (exact) mass is 546 g/mol. The first-order valence-corrected chi connectivity index (χ1v) is 15.2. The molecule has 0 fully saturated rings. The van der Waals surface area contributed by atoms with E-state index in [1.165, 1.54) is 55.1 Å². The zero-order valence-corrected chi connectivity index (χ0v) is 22.1. The third kappa shape index (κ3) is 24.0. The van der Waals surface area contributed by atoms with Crippen molar-refractivity contribution in [3.8, 4) is 0 Å². The molecule has 0 heterocycles. The van der Waals surface area contributed by atoms with E-state index in [-0.39, 0.29) is 29.9 Å². The van der Waals surface area contributed by atoms with Gasteiger partial charge in [0.05, 0.1) is 0 Å². The van der Waals surface area contributed by atoms with Crippen LogP contribution in [-0.4, -0.2) is 45.8 Å². The maximum absolute atomic E-state index is 2.31. The molecule has 4 heteroatoms. The second-order valence-corrected chi connectivity index (χ2v) is 15.1. The molecule has 0 aliphatic carbocycles. The normalized spacial score (nSPS) is 9.82. The van der Waals surface area contributed by atoms with Crippen LogP contribution < -0.4 is 0 Å². The van der Waals surface area contributed by atoms with E-state index in [2.05, 4.69) is 62.3 Å². The number of hydrogen-bond acceptors (Lipinski definition) is 0. The molecule has 0 aliphatic heterocycles. The molecule has 1 radical (unpaired) electrons. The van der Waals surface area contributed by atoms with Gasteiger partial charge in [-0.15, -0.1) is 15.8 Å². The fraction of sp³-hybridized carbons (Fsp3) is 1.00. The van der Waals surface area contributed by atoms with Crippen LogP contribution in [0.15, 0.2) is 0 Å². The molecule has 0 amide bonds. The van der Waals surface area contributed by atoms with E-state index in [9.17, 15) is 0 Å². The van der Waals surface area contributed by atoms with Gasteiger partial charge in [0.25, 0.3) is 0 Å². The molecule has 0 aromatic heterocycles. The summed E-state index contributed by atoms with van der Waals surface area (Å²) in [5, 5.41) is 0. The van der Waals surface area contributed by atoms with Gasteiger partial charge in [0.2, 0.25) is 0 Å². The molecule has 0 aromatic carbocycles. The number of hydrogen-bond donors (Lipinski definition) is 0. The van der Waals surface area contributed by atoms with Gasteiger partial charge in [0, 0.05) is 29.9 Å². The Morgan fingerprint density at radius 3 is 0.636 bits per heavy atom. The van der Waals surface area contributed by atoms with E-state index in [4.69, 9.17) is 0 Å². The predicted molar refractivity (Wildman–Crippen MR) is 114 cm³/mol. The molecule has 0 atom stereocenters. The van der Waals surface area contributed by atoms with Crippen molar-refractivity contribution in [3.63, 3.8) is 0 Å². The van der Waals surface area contributed by atoms with Crippen LogP contribution in [0.4, 0.5) is 0 Å². The molecular weight excluding hydrogens is 501 g/mol. The third-order valence-corrected chi connectivity index (χ3v) is 12.5. The summed E-state index contributed by atoms with van der Waals surface area (Å²) in [5.74, 6) is 0. The Morgan fingerprint density at radius 1 is 0.455 bits per heavy atom. The molecule has 0 unspecified atom stereocenters. The van der Waals surface area contributed by atoms with Crippen LogP contribution in [0.25, 0.3) is 0 Å². The van der Waals surface area contributed by atoms with Crippen molar-refractivity contribution >= 4 is 24.6 Å². The summed E-state index contributed by atoms with van der Waals surface area (Å²) in [4.78, 5) is 0. The molecule has 0 rings (SSSR count). The second-order valence-electron chi connectivity index (χ2n) is 5.05. The van der Waals surface area contributed by atoms with E-state index >= 15 is 0 Å². The minimum absolute atomic E-state index is 0. The van der Waals surface area contributed by atoms with Crippen LogP contribution in [0.5, 0.6) is 0 Å². The summed E-state index contributed by atoms with van der Waals surface area (Å²) >= 11 is 0. The summed E-state index contributed by atoms with van der Waals surface area (Å²) in [6, 6.07) is 4.37. The molecule has 0 aliphatic rings. The molecule has 0 N–H and O–H groups in total. The zero-order valence-electron chi connectivity index (χ0n) is 17.1. The minimum atomic E-state index is 0. The first-order chi connectivity index (χ1) is 10.0. The van der Waals surface area contributed by atoms with E-state index in [0.29, 0.717) is 15.8 Å². The maximum atomic E-state index is 2.31. The van der Waals surface area contributed by atoms with Crippen LogP contribution in [0.2, 0.25) is 18.1 Å². The van der Waals surface area contributed by atoms with Gasteiger partial charge in [0.15, 0.2) is 0 Å². The Hall–Kier alpha value is 1.77. The van der Waals surface area contributed by atoms with Crippen molar-refractivity contribution < 1.29 is 21.1 Å². The topological polar surface area (TPSA) is 0 Å². The van der Waals surface area contributed by atoms with Crippen molar-refractivity contribution in [2.75, 3.05) is 37.0 Å². The van der Waals surface area contributed by atoms with Gasteiger partial charge in [0.1, 0.15) is 0 Å². The molecule has 0 bridgehead atoms. The van der Waals surface area contributed by atoms with Crippen molar-refractivity contribution in [2.45, 2.75) is 80.4 Å². The van der Waals surface area contributed by atoms with Gasteiger partial charge in [-0.1, -0.05) is 80.4 Å². The largest absolute Gasteiger partial charge is 0.108 e. The second kappa shape index (κ2) is 27.6. The Labute approximate surface area is 162 Å². The molecule has 0 saturated carbocycles. The Kier molecular flexibility index (Phi) is 39.6. The van der Waals surface area contributed by atoms with Gasteiger partial charge < -0.3 is 0 Å². The van der Waals surface area contributed by atoms with Crippen molar-refractivity contribution in [1.29, 1.82) is 0 Å². The van der Waals surface area contributed by atoms with Crippen LogP contribution in [0, 0.1) is 0 Å². The molecule has 0 spiro atoms. The van der Waals surface area contributed by atoms with Crippen molar-refractivity contribution in [2.24, 2.45) is 0 Å². The smallest absolute Gasteiger partial charge is 0.0470 e. The Morgan fingerprint density at radius 2 is 0.636 bits per heavy atom. The summed E-state index contributed by atoms with van der Waals surface area (Å²) in [6.07, 6.45) is 8.51. The quantitative estimate of drug-likeness (QED) is 0.206. The van der Waals surface area contributed by atoms with E-state index in [0.717, 1.165) is 0 Å². The summed E-state index contributed by atoms with van der Waals surface area (Å²) in [5.41, 5.74) is 0. The van der Waals surface area contributed by atoms with Crippen molar-refractivity contribution in [1.82, 2.24) is 0 Å². The summed E-state index contributed by atoms with van der Waals surface area (Å²) in [7, 11) is 1.03. The third-order valence-electron chi connectivity index (χ3n) is 4.18. The molecular formula is C18H45P2PtSi. The Balaban J connectivity index is -0.000000108. The van der Waals surface area contributed by atoms with E-state index in [1.807, 2.05) is 0 Å². The van der Waals surface area contributed by atoms with E-state index in [1.54, 1.807) is 0 Å². The van der Waals surface area contributed by atoms with E-state index < -0.39 is 0 Å². The Bertz CT molecular complexity index is 114. The molecule has 0 saturated heterocycles. The molecule has 0 aromatic rings. The molecule has 22 heavy (non-hydrogen) atoms. The van der Waals surface area contributed by atoms with Gasteiger partial charge >= 0.3 is 0 Å². The van der Waals surface area contributed by atoms with Gasteiger partial charge in [-0.25, -0.2) is 0 Å². The number of rotatable bonds is 9. The minimum Gasteiger partial charge on any atom is -0.108 e. The summed E-state index contributed by atoms with van der Waals surface area (Å²) in [6.45, 7) is 20.7. The predicted octanol–water partition coefficient (Wildman–Crippen LogP) is 7.59. The van der Waals surface area contributed by atoms with Gasteiger partial charge in [-0.05, 0) is 37.0 Å². The first kappa shape index (κ1) is 31.5. The maximum Gasteiger partial charge on any atom is 0.0470 e.